The maximum absolute atomic E-state index is 6.54. The summed E-state index contributed by atoms with van der Waals surface area (Å²) in [6.45, 7) is 11.0. The molecule has 8 heteroatoms. The minimum atomic E-state index is -2.12. The van der Waals surface area contributed by atoms with E-state index in [0.717, 1.165) is 15.7 Å². The second-order valence-electron chi connectivity index (χ2n) is 7.49. The molecule has 0 amide bonds. The van der Waals surface area contributed by atoms with Crippen LogP contribution >= 0.6 is 15.9 Å². The van der Waals surface area contributed by atoms with E-state index >= 15 is 0 Å². The number of halogens is 1. The molecular formula is C17H22BrN5OSi. The third-order valence-corrected chi connectivity index (χ3v) is 9.33. The average molecular weight is 420 g/mol. The van der Waals surface area contributed by atoms with Gasteiger partial charge in [-0.15, -0.1) is 0 Å². The number of anilines is 1. The first kappa shape index (κ1) is 17.9. The number of imidazole rings is 1. The number of nitrogens with two attached hydrogens (primary N) is 1. The Hall–Kier alpha value is -1.93. The lowest BCUT2D eigenvalue weighted by molar-refractivity contribution is 0.264. The van der Waals surface area contributed by atoms with E-state index in [-0.39, 0.29) is 5.04 Å². The van der Waals surface area contributed by atoms with Crippen LogP contribution in [-0.4, -0.2) is 28.0 Å². The Labute approximate surface area is 156 Å². The van der Waals surface area contributed by atoms with Gasteiger partial charge in [0, 0.05) is 6.20 Å². The van der Waals surface area contributed by atoms with Crippen molar-refractivity contribution in [1.82, 2.24) is 19.7 Å². The molecule has 0 aliphatic carbocycles. The fraction of sp³-hybridized carbons (Fsp3) is 0.353. The zero-order valence-electron chi connectivity index (χ0n) is 15.0. The van der Waals surface area contributed by atoms with E-state index in [9.17, 15) is 0 Å². The van der Waals surface area contributed by atoms with E-state index in [0.29, 0.717) is 17.3 Å². The summed E-state index contributed by atoms with van der Waals surface area (Å²) < 4.78 is 9.00. The average Bonchev–Trinajstić information content (AvgIpc) is 2.84. The van der Waals surface area contributed by atoms with Gasteiger partial charge in [0.1, 0.15) is 15.9 Å². The molecule has 0 unspecified atom stereocenters. The minimum Gasteiger partial charge on any atom is -0.466 e. The lowest BCUT2D eigenvalue weighted by Gasteiger charge is -2.36. The van der Waals surface area contributed by atoms with E-state index < -0.39 is 8.32 Å². The van der Waals surface area contributed by atoms with Crippen LogP contribution < -0.4 is 10.3 Å². The van der Waals surface area contributed by atoms with E-state index in [4.69, 9.17) is 15.2 Å². The first-order valence-corrected chi connectivity index (χ1v) is 11.8. The van der Waals surface area contributed by atoms with Gasteiger partial charge in [-0.2, -0.15) is 4.73 Å². The van der Waals surface area contributed by atoms with E-state index in [1.807, 2.05) is 24.3 Å². The lowest BCUT2D eigenvalue weighted by Crippen LogP contribution is -2.48. The fourth-order valence-corrected chi connectivity index (χ4v) is 3.35. The fourth-order valence-electron chi connectivity index (χ4n) is 2.14. The number of nitrogen functional groups attached to an aromatic ring is 1. The van der Waals surface area contributed by atoms with Crippen molar-refractivity contribution in [3.63, 3.8) is 0 Å². The van der Waals surface area contributed by atoms with Crippen molar-refractivity contribution in [3.05, 3.63) is 35.1 Å². The maximum Gasteiger partial charge on any atom is 0.284 e. The van der Waals surface area contributed by atoms with Gasteiger partial charge < -0.3 is 10.3 Å². The predicted molar refractivity (Wildman–Crippen MR) is 107 cm³/mol. The summed E-state index contributed by atoms with van der Waals surface area (Å²) in [6.07, 6.45) is 1.66. The van der Waals surface area contributed by atoms with Crippen LogP contribution in [0.15, 0.2) is 35.1 Å². The molecule has 0 aromatic carbocycles. The number of nitrogens with zero attached hydrogens (tertiary/aromatic N) is 4. The van der Waals surface area contributed by atoms with Crippen LogP contribution in [0.25, 0.3) is 22.6 Å². The Morgan fingerprint density at radius 1 is 1.16 bits per heavy atom. The first-order chi connectivity index (χ1) is 11.6. The van der Waals surface area contributed by atoms with Gasteiger partial charge >= 0.3 is 0 Å². The Bertz CT molecular complexity index is 932. The predicted octanol–water partition coefficient (Wildman–Crippen LogP) is 4.27. The number of hydrogen-bond donors (Lipinski definition) is 1. The van der Waals surface area contributed by atoms with Crippen molar-refractivity contribution >= 4 is 41.2 Å². The molecule has 3 aromatic rings. The van der Waals surface area contributed by atoms with Crippen molar-refractivity contribution in [2.45, 2.75) is 38.9 Å². The Kier molecular flexibility index (Phi) is 4.36. The summed E-state index contributed by atoms with van der Waals surface area (Å²) in [6, 6.07) is 7.51. The molecule has 0 saturated carbocycles. The van der Waals surface area contributed by atoms with Crippen molar-refractivity contribution in [2.24, 2.45) is 0 Å². The Balaban J connectivity index is 2.26. The SMILES string of the molecule is CC(C)(C)[Si](C)(C)On1c(-c2cccnc2N)nc2ccc(Br)nc21. The normalized spacial score (nSPS) is 12.6. The van der Waals surface area contributed by atoms with Crippen molar-refractivity contribution in [2.75, 3.05) is 5.73 Å². The molecule has 0 bridgehead atoms. The molecule has 0 saturated heterocycles. The molecular weight excluding hydrogens is 398 g/mol. The number of aromatic nitrogens is 4. The van der Waals surface area contributed by atoms with Crippen molar-refractivity contribution in [3.8, 4) is 11.4 Å². The highest BCUT2D eigenvalue weighted by Crippen LogP contribution is 2.36. The highest BCUT2D eigenvalue weighted by Gasteiger charge is 2.41. The highest BCUT2D eigenvalue weighted by molar-refractivity contribution is 9.10. The summed E-state index contributed by atoms with van der Waals surface area (Å²) in [5.41, 5.74) is 8.23. The molecule has 0 fully saturated rings. The number of pyridine rings is 2. The van der Waals surface area contributed by atoms with Crippen LogP contribution in [0.2, 0.25) is 18.1 Å². The third kappa shape index (κ3) is 3.28. The van der Waals surface area contributed by atoms with Gasteiger partial charge in [0.2, 0.25) is 0 Å². The van der Waals surface area contributed by atoms with Crippen molar-refractivity contribution in [1.29, 1.82) is 0 Å². The quantitative estimate of drug-likeness (QED) is 0.506. The third-order valence-electron chi connectivity index (χ3n) is 4.64. The van der Waals surface area contributed by atoms with Gasteiger partial charge in [-0.25, -0.2) is 15.0 Å². The minimum absolute atomic E-state index is 0.0351. The molecule has 2 N–H and O–H groups in total. The maximum atomic E-state index is 6.54. The Morgan fingerprint density at radius 3 is 2.52 bits per heavy atom. The molecule has 0 aliphatic rings. The molecule has 0 aliphatic heterocycles. The van der Waals surface area contributed by atoms with Crippen LogP contribution in [0, 0.1) is 0 Å². The van der Waals surface area contributed by atoms with Gasteiger partial charge in [-0.1, -0.05) is 20.8 Å². The number of rotatable bonds is 3. The summed E-state index contributed by atoms with van der Waals surface area (Å²) in [4.78, 5) is 13.5. The molecule has 3 rings (SSSR count). The zero-order chi connectivity index (χ0) is 18.4. The smallest absolute Gasteiger partial charge is 0.284 e. The van der Waals surface area contributed by atoms with Crippen LogP contribution in [0.3, 0.4) is 0 Å². The summed E-state index contributed by atoms with van der Waals surface area (Å²) in [5, 5.41) is 0.0351. The Morgan fingerprint density at radius 2 is 1.88 bits per heavy atom. The highest BCUT2D eigenvalue weighted by atomic mass is 79.9. The molecule has 0 atom stereocenters. The molecule has 6 nitrogen and oxygen atoms in total. The molecule has 0 radical (unpaired) electrons. The van der Waals surface area contributed by atoms with Crippen LogP contribution in [-0.2, 0) is 0 Å². The van der Waals surface area contributed by atoms with Crippen LogP contribution in [0.5, 0.6) is 0 Å². The molecule has 25 heavy (non-hydrogen) atoms. The van der Waals surface area contributed by atoms with Gasteiger partial charge in [0.15, 0.2) is 11.5 Å². The van der Waals surface area contributed by atoms with E-state index in [1.54, 1.807) is 10.9 Å². The van der Waals surface area contributed by atoms with Gasteiger partial charge in [-0.3, -0.25) is 0 Å². The molecule has 3 heterocycles. The summed E-state index contributed by atoms with van der Waals surface area (Å²) in [5.74, 6) is 1.04. The van der Waals surface area contributed by atoms with Crippen LogP contribution in [0.4, 0.5) is 5.82 Å². The topological polar surface area (TPSA) is 78.9 Å². The van der Waals surface area contributed by atoms with E-state index in [1.165, 1.54) is 0 Å². The number of fused-ring (bicyclic) bond motifs is 1. The van der Waals surface area contributed by atoms with Crippen LogP contribution in [0.1, 0.15) is 20.8 Å². The van der Waals surface area contributed by atoms with Gasteiger partial charge in [0.25, 0.3) is 8.32 Å². The molecule has 132 valence electrons. The largest absolute Gasteiger partial charge is 0.466 e. The van der Waals surface area contributed by atoms with Gasteiger partial charge in [-0.05, 0) is 58.3 Å². The molecule has 3 aromatic heterocycles. The zero-order valence-corrected chi connectivity index (χ0v) is 17.6. The second-order valence-corrected chi connectivity index (χ2v) is 13.0. The molecule has 0 spiro atoms. The summed E-state index contributed by atoms with van der Waals surface area (Å²) >= 11 is 3.43. The number of hydrogen-bond acceptors (Lipinski definition) is 5. The monoisotopic (exact) mass is 419 g/mol. The van der Waals surface area contributed by atoms with Gasteiger partial charge in [0.05, 0.1) is 5.56 Å². The van der Waals surface area contributed by atoms with E-state index in [2.05, 4.69) is 59.8 Å². The lowest BCUT2D eigenvalue weighted by atomic mass is 10.2. The first-order valence-electron chi connectivity index (χ1n) is 8.05. The summed E-state index contributed by atoms with van der Waals surface area (Å²) in [7, 11) is -2.12. The second kappa shape index (κ2) is 6.10. The van der Waals surface area contributed by atoms with Crippen molar-refractivity contribution < 1.29 is 4.53 Å². The standard InChI is InChI=1S/C17H22BrN5OSi/c1-17(2,3)25(4,5)24-23-15(11-7-6-10-20-14(11)19)21-12-8-9-13(18)22-16(12)23/h6-10H,1-5H3,(H2,19,20).